The van der Waals surface area contributed by atoms with Gasteiger partial charge in [0.2, 0.25) is 5.79 Å². The molecule has 0 aromatic rings. The van der Waals surface area contributed by atoms with Crippen LogP contribution in [0.5, 0.6) is 0 Å². The molecule has 4 heteroatoms. The number of ketones is 1. The van der Waals surface area contributed by atoms with Gasteiger partial charge in [-0.2, -0.15) is 0 Å². The number of hydrogen-bond donors (Lipinski definition) is 0. The van der Waals surface area contributed by atoms with E-state index in [0.717, 1.165) is 12.8 Å². The minimum atomic E-state index is -0.953. The van der Waals surface area contributed by atoms with Crippen molar-refractivity contribution in [3.8, 4) is 0 Å². The quantitative estimate of drug-likeness (QED) is 0.663. The first-order chi connectivity index (χ1) is 6.96. The van der Waals surface area contributed by atoms with E-state index in [1.165, 1.54) is 6.08 Å². The van der Waals surface area contributed by atoms with Crippen LogP contribution in [-0.4, -0.2) is 17.5 Å². The Kier molecular flexibility index (Phi) is 2.29. The molecule has 15 heavy (non-hydrogen) atoms. The Morgan fingerprint density at radius 1 is 1.47 bits per heavy atom. The summed E-state index contributed by atoms with van der Waals surface area (Å²) in [7, 11) is 0. The van der Waals surface area contributed by atoms with Crippen molar-refractivity contribution in [2.24, 2.45) is 5.92 Å². The highest BCUT2D eigenvalue weighted by molar-refractivity contribution is 5.88. The van der Waals surface area contributed by atoms with Gasteiger partial charge in [-0.15, -0.1) is 0 Å². The van der Waals surface area contributed by atoms with E-state index >= 15 is 0 Å². The smallest absolute Gasteiger partial charge is 0.337 e. The Labute approximate surface area is 88.2 Å². The van der Waals surface area contributed by atoms with Gasteiger partial charge in [-0.3, -0.25) is 4.79 Å². The summed E-state index contributed by atoms with van der Waals surface area (Å²) in [6.07, 6.45) is 3.41. The lowest BCUT2D eigenvalue weighted by Gasteiger charge is -2.30. The van der Waals surface area contributed by atoms with Crippen LogP contribution < -0.4 is 0 Å². The molecule has 1 heterocycles. The third kappa shape index (κ3) is 2.58. The average molecular weight is 210 g/mol. The number of carbonyl (C=O) groups is 2. The number of hydrogen-bond acceptors (Lipinski definition) is 4. The Hall–Kier alpha value is -1.32. The molecule has 0 aromatic carbocycles. The van der Waals surface area contributed by atoms with Gasteiger partial charge in [0.05, 0.1) is 12.5 Å². The van der Waals surface area contributed by atoms with E-state index in [0.29, 0.717) is 5.76 Å². The predicted molar refractivity (Wildman–Crippen MR) is 51.7 cm³/mol. The van der Waals surface area contributed by atoms with Crippen LogP contribution in [0, 0.1) is 5.92 Å². The number of carbonyl (C=O) groups excluding carboxylic acids is 2. The molecule has 82 valence electrons. The lowest BCUT2D eigenvalue weighted by Crippen LogP contribution is -2.34. The molecule has 0 aromatic heterocycles. The summed E-state index contributed by atoms with van der Waals surface area (Å²) in [6, 6.07) is 0. The van der Waals surface area contributed by atoms with E-state index in [-0.39, 0.29) is 18.1 Å². The van der Waals surface area contributed by atoms with E-state index in [2.05, 4.69) is 0 Å². The van der Waals surface area contributed by atoms with Crippen molar-refractivity contribution < 1.29 is 19.1 Å². The summed E-state index contributed by atoms with van der Waals surface area (Å²) >= 11 is 0. The van der Waals surface area contributed by atoms with Gasteiger partial charge < -0.3 is 9.47 Å². The molecule has 1 fully saturated rings. The standard InChI is InChI=1S/C11H14O4/c1-11(2)14-8(6-10(13)15-11)5-9(12)7-3-4-7/h6-7H,3-5H2,1-2H3. The zero-order valence-corrected chi connectivity index (χ0v) is 8.91. The van der Waals surface area contributed by atoms with Gasteiger partial charge in [-0.1, -0.05) is 0 Å². The Balaban J connectivity index is 2.01. The third-order valence-corrected chi connectivity index (χ3v) is 2.38. The number of Topliss-reactive ketones (excluding diaryl/α,β-unsaturated/α-hetero) is 1. The van der Waals surface area contributed by atoms with Gasteiger partial charge in [0.15, 0.2) is 0 Å². The summed E-state index contributed by atoms with van der Waals surface area (Å²) < 4.78 is 10.3. The molecule has 0 saturated heterocycles. The highest BCUT2D eigenvalue weighted by atomic mass is 16.7. The zero-order chi connectivity index (χ0) is 11.1. The van der Waals surface area contributed by atoms with Gasteiger partial charge in [0, 0.05) is 19.8 Å². The van der Waals surface area contributed by atoms with Crippen LogP contribution in [-0.2, 0) is 19.1 Å². The summed E-state index contributed by atoms with van der Waals surface area (Å²) in [5.41, 5.74) is 0. The molecule has 0 N–H and O–H groups in total. The molecule has 2 rings (SSSR count). The monoisotopic (exact) mass is 210 g/mol. The molecular formula is C11H14O4. The predicted octanol–water partition coefficient (Wildman–Crippen LogP) is 1.55. The second kappa shape index (κ2) is 3.36. The van der Waals surface area contributed by atoms with Crippen molar-refractivity contribution >= 4 is 11.8 Å². The van der Waals surface area contributed by atoms with Crippen molar-refractivity contribution in [2.45, 2.75) is 38.9 Å². The lowest BCUT2D eigenvalue weighted by atomic mass is 10.1. The normalized spacial score (nSPS) is 23.9. The highest BCUT2D eigenvalue weighted by Gasteiger charge is 2.34. The number of ether oxygens (including phenoxy) is 2. The van der Waals surface area contributed by atoms with Crippen LogP contribution in [0.2, 0.25) is 0 Å². The van der Waals surface area contributed by atoms with E-state index < -0.39 is 11.8 Å². The van der Waals surface area contributed by atoms with Gasteiger partial charge in [-0.05, 0) is 12.8 Å². The summed E-state index contributed by atoms with van der Waals surface area (Å²) in [4.78, 5) is 22.7. The van der Waals surface area contributed by atoms with Gasteiger partial charge in [-0.25, -0.2) is 4.79 Å². The van der Waals surface area contributed by atoms with Crippen molar-refractivity contribution in [1.29, 1.82) is 0 Å². The molecule has 0 atom stereocenters. The van der Waals surface area contributed by atoms with E-state index in [9.17, 15) is 9.59 Å². The highest BCUT2D eigenvalue weighted by Crippen LogP contribution is 2.33. The van der Waals surface area contributed by atoms with Crippen LogP contribution >= 0.6 is 0 Å². The second-order valence-electron chi connectivity index (χ2n) is 4.45. The van der Waals surface area contributed by atoms with Crippen LogP contribution in [0.25, 0.3) is 0 Å². The van der Waals surface area contributed by atoms with Crippen molar-refractivity contribution in [1.82, 2.24) is 0 Å². The largest absolute Gasteiger partial charge is 0.456 e. The first-order valence-electron chi connectivity index (χ1n) is 5.11. The van der Waals surface area contributed by atoms with Crippen LogP contribution in [0.15, 0.2) is 11.8 Å². The Morgan fingerprint density at radius 2 is 2.13 bits per heavy atom. The fourth-order valence-corrected chi connectivity index (χ4v) is 1.58. The van der Waals surface area contributed by atoms with Crippen molar-refractivity contribution in [3.63, 3.8) is 0 Å². The fraction of sp³-hybridized carbons (Fsp3) is 0.636. The molecular weight excluding hydrogens is 196 g/mol. The summed E-state index contributed by atoms with van der Waals surface area (Å²) in [5, 5.41) is 0. The number of allylic oxidation sites excluding steroid dienone is 1. The molecule has 4 nitrogen and oxygen atoms in total. The summed E-state index contributed by atoms with van der Waals surface area (Å²) in [5.74, 6) is -0.620. The first kappa shape index (κ1) is 10.2. The molecule has 1 saturated carbocycles. The number of esters is 1. The molecule has 0 amide bonds. The first-order valence-corrected chi connectivity index (χ1v) is 5.11. The Morgan fingerprint density at radius 3 is 2.67 bits per heavy atom. The molecule has 0 bridgehead atoms. The SMILES string of the molecule is CC1(C)OC(=O)C=C(CC(=O)C2CC2)O1. The minimum Gasteiger partial charge on any atom is -0.456 e. The maximum Gasteiger partial charge on any atom is 0.337 e. The Bertz CT molecular complexity index is 336. The fourth-order valence-electron chi connectivity index (χ4n) is 1.58. The molecule has 0 radical (unpaired) electrons. The topological polar surface area (TPSA) is 52.6 Å². The van der Waals surface area contributed by atoms with E-state index in [1.807, 2.05) is 0 Å². The van der Waals surface area contributed by atoms with Gasteiger partial charge in [0.25, 0.3) is 0 Å². The van der Waals surface area contributed by atoms with Crippen LogP contribution in [0.1, 0.15) is 33.1 Å². The third-order valence-electron chi connectivity index (χ3n) is 2.38. The average Bonchev–Trinajstić information content (AvgIpc) is 2.80. The van der Waals surface area contributed by atoms with Crippen LogP contribution in [0.4, 0.5) is 0 Å². The molecule has 1 aliphatic heterocycles. The van der Waals surface area contributed by atoms with Crippen molar-refractivity contribution in [3.05, 3.63) is 11.8 Å². The maximum absolute atomic E-state index is 11.5. The van der Waals surface area contributed by atoms with Crippen LogP contribution in [0.3, 0.4) is 0 Å². The molecule has 0 spiro atoms. The minimum absolute atomic E-state index is 0.159. The van der Waals surface area contributed by atoms with Crippen molar-refractivity contribution in [2.75, 3.05) is 0 Å². The molecule has 1 aliphatic carbocycles. The molecule has 2 aliphatic rings. The van der Waals surface area contributed by atoms with E-state index in [1.54, 1.807) is 13.8 Å². The summed E-state index contributed by atoms with van der Waals surface area (Å²) in [6.45, 7) is 3.30. The lowest BCUT2D eigenvalue weighted by molar-refractivity contribution is -0.205. The number of rotatable bonds is 3. The zero-order valence-electron chi connectivity index (χ0n) is 8.91. The van der Waals surface area contributed by atoms with Gasteiger partial charge >= 0.3 is 5.97 Å². The van der Waals surface area contributed by atoms with Gasteiger partial charge in [0.1, 0.15) is 11.5 Å². The molecule has 0 unspecified atom stereocenters. The maximum atomic E-state index is 11.5. The van der Waals surface area contributed by atoms with E-state index in [4.69, 9.17) is 9.47 Å². The second-order valence-corrected chi connectivity index (χ2v) is 4.45. The number of cyclic esters (lactones) is 1.